The minimum atomic E-state index is 0.253. The predicted molar refractivity (Wildman–Crippen MR) is 71.0 cm³/mol. The molecule has 1 N–H and O–H groups in total. The molecule has 0 fully saturated rings. The molecule has 1 rings (SSSR count). The van der Waals surface area contributed by atoms with Crippen molar-refractivity contribution in [3.8, 4) is 0 Å². The highest BCUT2D eigenvalue weighted by Gasteiger charge is 2.05. The monoisotopic (exact) mass is 306 g/mol. The molecule has 0 atom stereocenters. The Morgan fingerprint density at radius 2 is 2.25 bits per heavy atom. The summed E-state index contributed by atoms with van der Waals surface area (Å²) in [5, 5.41) is 3.47. The average Bonchev–Trinajstić information content (AvgIpc) is 2.22. The summed E-state index contributed by atoms with van der Waals surface area (Å²) in [5.41, 5.74) is 0. The Labute approximate surface area is 110 Å². The maximum Gasteiger partial charge on any atom is 0.224 e. The number of likely N-dealkylation sites (N-methyl/N-ethyl adjacent to an activating group) is 1. The van der Waals surface area contributed by atoms with Crippen molar-refractivity contribution < 1.29 is 0 Å². The molecule has 6 heteroatoms. The molecular weight excluding hydrogens is 291 g/mol. The number of halogens is 2. The normalized spacial score (nSPS) is 11.2. The fourth-order valence-corrected chi connectivity index (χ4v) is 1.54. The standard InChI is InChI=1S/C10H16BrClN4/c1-7(2)16(3)5-4-13-9-8(11)6-14-10(12)15-9/h6-7H,4-5H2,1-3H3,(H,13,14,15). The Bertz CT molecular complexity index is 346. The van der Waals surface area contributed by atoms with E-state index in [0.717, 1.165) is 23.4 Å². The van der Waals surface area contributed by atoms with E-state index >= 15 is 0 Å². The smallest absolute Gasteiger partial charge is 0.224 e. The van der Waals surface area contributed by atoms with Crippen LogP contribution >= 0.6 is 27.5 Å². The van der Waals surface area contributed by atoms with Gasteiger partial charge in [0, 0.05) is 25.3 Å². The molecule has 0 radical (unpaired) electrons. The van der Waals surface area contributed by atoms with Crippen LogP contribution in [-0.4, -0.2) is 41.0 Å². The molecule has 0 aliphatic heterocycles. The molecule has 0 saturated heterocycles. The number of hydrogen-bond acceptors (Lipinski definition) is 4. The van der Waals surface area contributed by atoms with Crippen LogP contribution in [-0.2, 0) is 0 Å². The predicted octanol–water partition coefficient (Wildman–Crippen LogP) is 2.64. The number of anilines is 1. The van der Waals surface area contributed by atoms with Gasteiger partial charge in [0.05, 0.1) is 4.47 Å². The van der Waals surface area contributed by atoms with Crippen LogP contribution in [0.4, 0.5) is 5.82 Å². The van der Waals surface area contributed by atoms with Crippen LogP contribution < -0.4 is 5.32 Å². The molecule has 0 unspecified atom stereocenters. The quantitative estimate of drug-likeness (QED) is 0.849. The summed E-state index contributed by atoms with van der Waals surface area (Å²) < 4.78 is 0.823. The molecule has 90 valence electrons. The molecule has 1 heterocycles. The van der Waals surface area contributed by atoms with Crippen molar-refractivity contribution in [1.29, 1.82) is 0 Å². The molecule has 0 aliphatic rings. The molecule has 0 bridgehead atoms. The Morgan fingerprint density at radius 3 is 2.88 bits per heavy atom. The highest BCUT2D eigenvalue weighted by Crippen LogP contribution is 2.19. The fraction of sp³-hybridized carbons (Fsp3) is 0.600. The summed E-state index contributed by atoms with van der Waals surface area (Å²) in [5.74, 6) is 0.733. The Morgan fingerprint density at radius 1 is 1.56 bits per heavy atom. The molecule has 1 aromatic rings. The summed E-state index contributed by atoms with van der Waals surface area (Å²) in [7, 11) is 2.09. The van der Waals surface area contributed by atoms with Gasteiger partial charge < -0.3 is 10.2 Å². The van der Waals surface area contributed by atoms with E-state index in [-0.39, 0.29) is 5.28 Å². The first kappa shape index (κ1) is 13.7. The van der Waals surface area contributed by atoms with Gasteiger partial charge in [0.1, 0.15) is 5.82 Å². The summed E-state index contributed by atoms with van der Waals surface area (Å²) >= 11 is 9.08. The van der Waals surface area contributed by atoms with Crippen molar-refractivity contribution in [3.05, 3.63) is 16.0 Å². The lowest BCUT2D eigenvalue weighted by atomic mass is 10.3. The van der Waals surface area contributed by atoms with Crippen molar-refractivity contribution in [2.75, 3.05) is 25.5 Å². The summed E-state index contributed by atoms with van der Waals surface area (Å²) in [6, 6.07) is 0.541. The van der Waals surface area contributed by atoms with Gasteiger partial charge in [-0.25, -0.2) is 4.98 Å². The first-order chi connectivity index (χ1) is 7.50. The Hall–Kier alpha value is -0.390. The Kier molecular flexibility index (Phi) is 5.44. The van der Waals surface area contributed by atoms with Gasteiger partial charge in [-0.15, -0.1) is 0 Å². The zero-order valence-electron chi connectivity index (χ0n) is 9.67. The maximum atomic E-state index is 5.72. The number of rotatable bonds is 5. The number of nitrogens with one attached hydrogen (secondary N) is 1. The van der Waals surface area contributed by atoms with Gasteiger partial charge in [-0.1, -0.05) is 0 Å². The zero-order valence-corrected chi connectivity index (χ0v) is 12.0. The number of aromatic nitrogens is 2. The molecule has 4 nitrogen and oxygen atoms in total. The van der Waals surface area contributed by atoms with Gasteiger partial charge in [-0.3, -0.25) is 0 Å². The molecule has 0 aromatic carbocycles. The fourth-order valence-electron chi connectivity index (χ4n) is 1.08. The minimum absolute atomic E-state index is 0.253. The lowest BCUT2D eigenvalue weighted by Gasteiger charge is -2.21. The summed E-state index contributed by atoms with van der Waals surface area (Å²) in [4.78, 5) is 10.2. The second-order valence-electron chi connectivity index (χ2n) is 3.84. The van der Waals surface area contributed by atoms with Crippen molar-refractivity contribution >= 4 is 33.3 Å². The third-order valence-electron chi connectivity index (χ3n) is 2.35. The molecule has 0 amide bonds. The molecule has 0 saturated carbocycles. The second-order valence-corrected chi connectivity index (χ2v) is 5.03. The van der Waals surface area contributed by atoms with Crippen molar-refractivity contribution in [1.82, 2.24) is 14.9 Å². The first-order valence-corrected chi connectivity index (χ1v) is 6.30. The SMILES string of the molecule is CC(C)N(C)CCNc1nc(Cl)ncc1Br. The van der Waals surface area contributed by atoms with Crippen molar-refractivity contribution in [2.45, 2.75) is 19.9 Å². The van der Waals surface area contributed by atoms with Gasteiger partial charge >= 0.3 is 0 Å². The van der Waals surface area contributed by atoms with Gasteiger partial charge in [-0.2, -0.15) is 4.98 Å². The molecule has 16 heavy (non-hydrogen) atoms. The van der Waals surface area contributed by atoms with E-state index in [1.54, 1.807) is 6.20 Å². The highest BCUT2D eigenvalue weighted by molar-refractivity contribution is 9.10. The van der Waals surface area contributed by atoms with Crippen LogP contribution in [0.15, 0.2) is 10.7 Å². The van der Waals surface area contributed by atoms with Crippen LogP contribution in [0.2, 0.25) is 5.28 Å². The number of nitrogens with zero attached hydrogens (tertiary/aromatic N) is 3. The maximum absolute atomic E-state index is 5.72. The van der Waals surface area contributed by atoms with E-state index in [2.05, 4.69) is 57.0 Å². The van der Waals surface area contributed by atoms with E-state index < -0.39 is 0 Å². The minimum Gasteiger partial charge on any atom is -0.368 e. The number of hydrogen-bond donors (Lipinski definition) is 1. The van der Waals surface area contributed by atoms with Gasteiger partial charge in [0.15, 0.2) is 0 Å². The van der Waals surface area contributed by atoms with E-state index in [0.29, 0.717) is 6.04 Å². The van der Waals surface area contributed by atoms with Gasteiger partial charge in [-0.05, 0) is 48.4 Å². The average molecular weight is 308 g/mol. The third kappa shape index (κ3) is 4.23. The second kappa shape index (κ2) is 6.37. The van der Waals surface area contributed by atoms with Gasteiger partial charge in [0.2, 0.25) is 5.28 Å². The van der Waals surface area contributed by atoms with E-state index in [4.69, 9.17) is 11.6 Å². The van der Waals surface area contributed by atoms with Crippen LogP contribution in [0.25, 0.3) is 0 Å². The van der Waals surface area contributed by atoms with Crippen LogP contribution in [0, 0.1) is 0 Å². The highest BCUT2D eigenvalue weighted by atomic mass is 79.9. The zero-order chi connectivity index (χ0) is 12.1. The largest absolute Gasteiger partial charge is 0.368 e. The van der Waals surface area contributed by atoms with Crippen LogP contribution in [0.3, 0.4) is 0 Å². The van der Waals surface area contributed by atoms with Crippen molar-refractivity contribution in [2.24, 2.45) is 0 Å². The van der Waals surface area contributed by atoms with Crippen molar-refractivity contribution in [3.63, 3.8) is 0 Å². The van der Waals surface area contributed by atoms with E-state index in [1.807, 2.05) is 0 Å². The first-order valence-electron chi connectivity index (χ1n) is 5.13. The Balaban J connectivity index is 2.45. The van der Waals surface area contributed by atoms with E-state index in [1.165, 1.54) is 0 Å². The lowest BCUT2D eigenvalue weighted by Crippen LogP contribution is -2.31. The lowest BCUT2D eigenvalue weighted by molar-refractivity contribution is 0.284. The van der Waals surface area contributed by atoms with E-state index in [9.17, 15) is 0 Å². The van der Waals surface area contributed by atoms with Gasteiger partial charge in [0.25, 0.3) is 0 Å². The molecule has 0 aliphatic carbocycles. The summed E-state index contributed by atoms with van der Waals surface area (Å²) in [6.45, 7) is 6.10. The molecule has 0 spiro atoms. The molecular formula is C10H16BrClN4. The van der Waals surface area contributed by atoms with Crippen LogP contribution in [0.1, 0.15) is 13.8 Å². The third-order valence-corrected chi connectivity index (χ3v) is 3.12. The molecule has 1 aromatic heterocycles. The summed E-state index contributed by atoms with van der Waals surface area (Å²) in [6.07, 6.45) is 1.64. The van der Waals surface area contributed by atoms with Crippen LogP contribution in [0.5, 0.6) is 0 Å². The topological polar surface area (TPSA) is 41.0 Å².